The van der Waals surface area contributed by atoms with Crippen molar-refractivity contribution in [2.75, 3.05) is 5.33 Å². The third kappa shape index (κ3) is 2.83. The van der Waals surface area contributed by atoms with Gasteiger partial charge in [0, 0.05) is 11.5 Å². The highest BCUT2D eigenvalue weighted by Gasteiger charge is 2.32. The van der Waals surface area contributed by atoms with Gasteiger partial charge < -0.3 is 0 Å². The summed E-state index contributed by atoms with van der Waals surface area (Å²) in [4.78, 5) is 3.66. The molecular formula is C9H7BrF3N. The Bertz CT molecular complexity index is 333. The highest BCUT2D eigenvalue weighted by atomic mass is 79.9. The molecule has 0 fully saturated rings. The van der Waals surface area contributed by atoms with Gasteiger partial charge in [-0.3, -0.25) is 4.98 Å². The number of hydrogen-bond donors (Lipinski definition) is 0. The van der Waals surface area contributed by atoms with Crippen molar-refractivity contribution in [1.29, 1.82) is 0 Å². The number of alkyl halides is 4. The van der Waals surface area contributed by atoms with Gasteiger partial charge in [-0.25, -0.2) is 0 Å². The number of aromatic nitrogens is 1. The second kappa shape index (κ2) is 4.59. The summed E-state index contributed by atoms with van der Waals surface area (Å²) in [5.74, 6) is 0. The van der Waals surface area contributed by atoms with Crippen LogP contribution in [0.3, 0.4) is 0 Å². The molecule has 0 aromatic carbocycles. The molecule has 76 valence electrons. The number of allylic oxidation sites excluding steroid dienone is 1. The molecule has 0 aliphatic rings. The fourth-order valence-corrected chi connectivity index (χ4v) is 1.13. The number of rotatable bonds is 2. The molecule has 1 aromatic rings. The van der Waals surface area contributed by atoms with Gasteiger partial charge in [-0.15, -0.1) is 0 Å². The summed E-state index contributed by atoms with van der Waals surface area (Å²) in [7, 11) is 0. The molecule has 0 aliphatic carbocycles. The van der Waals surface area contributed by atoms with Gasteiger partial charge in [-0.05, 0) is 18.2 Å². The van der Waals surface area contributed by atoms with Gasteiger partial charge in [-0.2, -0.15) is 13.2 Å². The predicted molar refractivity (Wildman–Crippen MR) is 52.1 cm³/mol. The molecule has 5 heteroatoms. The maximum absolute atomic E-state index is 12.4. The first kappa shape index (κ1) is 11.2. The second-order valence-corrected chi connectivity index (χ2v) is 3.14. The Balaban J connectivity index is 3.10. The van der Waals surface area contributed by atoms with Crippen molar-refractivity contribution < 1.29 is 13.2 Å². The molecule has 0 spiro atoms. The van der Waals surface area contributed by atoms with Crippen LogP contribution in [0.5, 0.6) is 0 Å². The highest BCUT2D eigenvalue weighted by Crippen LogP contribution is 2.31. The average molecular weight is 266 g/mol. The van der Waals surface area contributed by atoms with E-state index in [1.165, 1.54) is 18.3 Å². The molecule has 1 aromatic heterocycles. The molecule has 1 nitrogen and oxygen atoms in total. The van der Waals surface area contributed by atoms with Crippen LogP contribution in [0.4, 0.5) is 13.2 Å². The zero-order valence-electron chi connectivity index (χ0n) is 7.05. The summed E-state index contributed by atoms with van der Waals surface area (Å²) >= 11 is 3.09. The molecule has 0 bridgehead atoms. The van der Waals surface area contributed by atoms with E-state index < -0.39 is 11.7 Å². The normalized spacial score (nSPS) is 12.3. The van der Waals surface area contributed by atoms with E-state index >= 15 is 0 Å². The minimum Gasteiger partial charge on any atom is -0.256 e. The fourth-order valence-electron chi connectivity index (χ4n) is 0.946. The summed E-state index contributed by atoms with van der Waals surface area (Å²) in [6, 6.07) is 2.29. The lowest BCUT2D eigenvalue weighted by atomic mass is 10.2. The lowest BCUT2D eigenvalue weighted by molar-refractivity contribution is -0.138. The van der Waals surface area contributed by atoms with Crippen molar-refractivity contribution in [2.24, 2.45) is 0 Å². The summed E-state index contributed by atoms with van der Waals surface area (Å²) in [5, 5.41) is 0.501. The summed E-state index contributed by atoms with van der Waals surface area (Å²) in [6.45, 7) is 0. The van der Waals surface area contributed by atoms with Crippen LogP contribution in [-0.4, -0.2) is 10.3 Å². The van der Waals surface area contributed by atoms with Crippen LogP contribution in [0.2, 0.25) is 0 Å². The monoisotopic (exact) mass is 265 g/mol. The van der Waals surface area contributed by atoms with Crippen LogP contribution in [0.25, 0.3) is 6.08 Å². The van der Waals surface area contributed by atoms with E-state index in [0.29, 0.717) is 5.33 Å². The van der Waals surface area contributed by atoms with Gasteiger partial charge in [-0.1, -0.05) is 22.0 Å². The van der Waals surface area contributed by atoms with Gasteiger partial charge in [0.1, 0.15) is 0 Å². The molecule has 0 aliphatic heterocycles. The Kier molecular flexibility index (Phi) is 3.69. The van der Waals surface area contributed by atoms with Gasteiger partial charge in [0.2, 0.25) is 0 Å². The van der Waals surface area contributed by atoms with Crippen LogP contribution in [0.1, 0.15) is 11.3 Å². The van der Waals surface area contributed by atoms with Gasteiger partial charge in [0.25, 0.3) is 0 Å². The first-order valence-electron chi connectivity index (χ1n) is 3.80. The minimum absolute atomic E-state index is 0.0561. The zero-order chi connectivity index (χ0) is 10.6. The first-order chi connectivity index (χ1) is 6.55. The molecule has 0 radical (unpaired) electrons. The Morgan fingerprint density at radius 1 is 1.43 bits per heavy atom. The van der Waals surface area contributed by atoms with Crippen LogP contribution < -0.4 is 0 Å². The number of nitrogens with zero attached hydrogens (tertiary/aromatic N) is 1. The van der Waals surface area contributed by atoms with Gasteiger partial charge >= 0.3 is 6.18 Å². The van der Waals surface area contributed by atoms with Crippen molar-refractivity contribution in [1.82, 2.24) is 4.98 Å². The highest BCUT2D eigenvalue weighted by molar-refractivity contribution is 9.09. The molecule has 0 saturated heterocycles. The minimum atomic E-state index is -4.35. The molecule has 0 atom stereocenters. The smallest absolute Gasteiger partial charge is 0.256 e. The predicted octanol–water partition coefficient (Wildman–Crippen LogP) is 3.51. The summed E-state index contributed by atoms with van der Waals surface area (Å²) < 4.78 is 37.2. The Morgan fingerprint density at radius 2 is 2.14 bits per heavy atom. The zero-order valence-corrected chi connectivity index (χ0v) is 8.64. The lowest BCUT2D eigenvalue weighted by Gasteiger charge is -2.08. The fraction of sp³-hybridized carbons (Fsp3) is 0.222. The topological polar surface area (TPSA) is 12.9 Å². The van der Waals surface area contributed by atoms with E-state index in [1.807, 2.05) is 0 Å². The largest absolute Gasteiger partial charge is 0.418 e. The van der Waals surface area contributed by atoms with Crippen LogP contribution in [0, 0.1) is 0 Å². The maximum Gasteiger partial charge on any atom is 0.418 e. The summed E-state index contributed by atoms with van der Waals surface area (Å²) in [6.07, 6.45) is -0.0987. The molecule has 0 N–H and O–H groups in total. The standard InChI is InChI=1S/C9H7BrF3N/c10-5-1-4-8-7(9(11,12)13)3-2-6-14-8/h1-4,6H,5H2. The molecule has 1 rings (SSSR count). The van der Waals surface area contributed by atoms with Crippen LogP contribution in [-0.2, 0) is 6.18 Å². The van der Waals surface area contributed by atoms with Gasteiger partial charge in [0.15, 0.2) is 0 Å². The molecule has 1 heterocycles. The molecule has 14 heavy (non-hydrogen) atoms. The quantitative estimate of drug-likeness (QED) is 0.746. The van der Waals surface area contributed by atoms with E-state index in [-0.39, 0.29) is 5.69 Å². The third-order valence-electron chi connectivity index (χ3n) is 1.51. The van der Waals surface area contributed by atoms with E-state index in [2.05, 4.69) is 20.9 Å². The van der Waals surface area contributed by atoms with Crippen molar-refractivity contribution in [3.8, 4) is 0 Å². The Hall–Kier alpha value is -0.840. The van der Waals surface area contributed by atoms with E-state index in [0.717, 1.165) is 6.07 Å². The molecule has 0 saturated carbocycles. The third-order valence-corrected chi connectivity index (χ3v) is 1.88. The SMILES string of the molecule is FC(F)(F)c1cccnc1C=CCBr. The maximum atomic E-state index is 12.4. The van der Waals surface area contributed by atoms with Crippen molar-refractivity contribution in [2.45, 2.75) is 6.18 Å². The van der Waals surface area contributed by atoms with Crippen molar-refractivity contribution in [3.63, 3.8) is 0 Å². The van der Waals surface area contributed by atoms with Crippen LogP contribution in [0.15, 0.2) is 24.4 Å². The van der Waals surface area contributed by atoms with E-state index in [4.69, 9.17) is 0 Å². The molecule has 0 unspecified atom stereocenters. The Labute approximate surface area is 87.8 Å². The lowest BCUT2D eigenvalue weighted by Crippen LogP contribution is -2.08. The van der Waals surface area contributed by atoms with Gasteiger partial charge in [0.05, 0.1) is 11.3 Å². The Morgan fingerprint density at radius 3 is 2.71 bits per heavy atom. The van der Waals surface area contributed by atoms with Crippen molar-refractivity contribution >= 4 is 22.0 Å². The molecular weight excluding hydrogens is 259 g/mol. The van der Waals surface area contributed by atoms with Crippen molar-refractivity contribution in [3.05, 3.63) is 35.7 Å². The number of halogens is 4. The molecule has 0 amide bonds. The summed E-state index contributed by atoms with van der Waals surface area (Å²) in [5.41, 5.74) is -0.767. The van der Waals surface area contributed by atoms with E-state index in [1.54, 1.807) is 6.08 Å². The average Bonchev–Trinajstić information content (AvgIpc) is 2.14. The number of hydrogen-bond acceptors (Lipinski definition) is 1. The van der Waals surface area contributed by atoms with Crippen LogP contribution >= 0.6 is 15.9 Å². The number of pyridine rings is 1. The van der Waals surface area contributed by atoms with E-state index in [9.17, 15) is 13.2 Å². The first-order valence-corrected chi connectivity index (χ1v) is 4.92. The second-order valence-electron chi connectivity index (χ2n) is 2.49.